The number of aryl methyl sites for hydroxylation is 2. The highest BCUT2D eigenvalue weighted by molar-refractivity contribution is 7.89. The molecule has 5 nitrogen and oxygen atoms in total. The van der Waals surface area contributed by atoms with E-state index in [1.165, 1.54) is 26.0 Å². The molecule has 0 radical (unpaired) electrons. The lowest BCUT2D eigenvalue weighted by molar-refractivity contribution is -0.139. The minimum Gasteiger partial charge on any atom is -0.480 e. The van der Waals surface area contributed by atoms with Crippen LogP contribution in [0.15, 0.2) is 17.0 Å². The van der Waals surface area contributed by atoms with Crippen molar-refractivity contribution in [3.8, 4) is 0 Å². The van der Waals surface area contributed by atoms with Gasteiger partial charge < -0.3 is 5.11 Å². The number of aliphatic carboxylic acids is 1. The summed E-state index contributed by atoms with van der Waals surface area (Å²) < 4.78 is 40.2. The van der Waals surface area contributed by atoms with Crippen molar-refractivity contribution in [2.75, 3.05) is 0 Å². The van der Waals surface area contributed by atoms with Crippen molar-refractivity contribution in [2.45, 2.75) is 45.1 Å². The van der Waals surface area contributed by atoms with Gasteiger partial charge in [-0.25, -0.2) is 12.8 Å². The molecule has 0 aliphatic heterocycles. The summed E-state index contributed by atoms with van der Waals surface area (Å²) in [5.41, 5.74) is 0.400. The third-order valence-electron chi connectivity index (χ3n) is 3.02. The molecule has 0 amide bonds. The van der Waals surface area contributed by atoms with E-state index in [2.05, 4.69) is 4.72 Å². The molecule has 0 aromatic heterocycles. The quantitative estimate of drug-likeness (QED) is 0.842. The Balaban J connectivity index is 3.13. The Morgan fingerprint density at radius 3 is 2.14 bits per heavy atom. The van der Waals surface area contributed by atoms with E-state index in [0.29, 0.717) is 0 Å². The fraction of sp³-hybridized carbons (Fsp3) is 0.500. The van der Waals surface area contributed by atoms with E-state index < -0.39 is 27.9 Å². The number of rotatable bonds is 6. The molecule has 0 saturated heterocycles. The highest BCUT2D eigenvalue weighted by atomic mass is 32.2. The fourth-order valence-electron chi connectivity index (χ4n) is 1.99. The van der Waals surface area contributed by atoms with Crippen LogP contribution in [0.2, 0.25) is 0 Å². The maximum Gasteiger partial charge on any atom is 0.321 e. The van der Waals surface area contributed by atoms with E-state index in [-0.39, 0.29) is 28.4 Å². The number of benzene rings is 1. The SMILES string of the molecule is Cc1cc(S(=O)(=O)N[C@H](CC(C)C)C(=O)O)cc(C)c1F. The van der Waals surface area contributed by atoms with Gasteiger partial charge in [0.15, 0.2) is 0 Å². The summed E-state index contributed by atoms with van der Waals surface area (Å²) in [6, 6.07) is 1.18. The normalized spacial score (nSPS) is 13.4. The molecule has 1 aromatic rings. The number of halogens is 1. The molecular weight excluding hydrogens is 297 g/mol. The van der Waals surface area contributed by atoms with E-state index >= 15 is 0 Å². The molecule has 1 aromatic carbocycles. The Labute approximate surface area is 124 Å². The highest BCUT2D eigenvalue weighted by Gasteiger charge is 2.26. The molecular formula is C14H20FNO4S. The lowest BCUT2D eigenvalue weighted by Gasteiger charge is -2.17. The zero-order chi connectivity index (χ0) is 16.4. The highest BCUT2D eigenvalue weighted by Crippen LogP contribution is 2.19. The standard InChI is InChI=1S/C14H20FNO4S/c1-8(2)5-12(14(17)18)16-21(19,20)11-6-9(3)13(15)10(4)7-11/h6-8,12,16H,5H2,1-4H3,(H,17,18)/t12-/m1/s1. The Morgan fingerprint density at radius 2 is 1.76 bits per heavy atom. The van der Waals surface area contributed by atoms with Crippen molar-refractivity contribution in [3.05, 3.63) is 29.1 Å². The first kappa shape index (κ1) is 17.6. The monoisotopic (exact) mass is 317 g/mol. The van der Waals surface area contributed by atoms with E-state index in [9.17, 15) is 17.6 Å². The zero-order valence-electron chi connectivity index (χ0n) is 12.5. The Kier molecular flexibility index (Phi) is 5.47. The molecule has 7 heteroatoms. The number of sulfonamides is 1. The third-order valence-corrected chi connectivity index (χ3v) is 4.47. The average molecular weight is 317 g/mol. The molecule has 2 N–H and O–H groups in total. The van der Waals surface area contributed by atoms with Crippen LogP contribution < -0.4 is 4.72 Å². The molecule has 0 fully saturated rings. The summed E-state index contributed by atoms with van der Waals surface area (Å²) in [7, 11) is -4.01. The molecule has 21 heavy (non-hydrogen) atoms. The summed E-state index contributed by atoms with van der Waals surface area (Å²) in [5.74, 6) is -1.68. The fourth-order valence-corrected chi connectivity index (χ4v) is 3.36. The first-order chi connectivity index (χ1) is 9.54. The van der Waals surface area contributed by atoms with Gasteiger partial charge in [0.05, 0.1) is 4.90 Å². The van der Waals surface area contributed by atoms with E-state index in [0.717, 1.165) is 0 Å². The van der Waals surface area contributed by atoms with Crippen LogP contribution in [0.1, 0.15) is 31.4 Å². The first-order valence-corrected chi connectivity index (χ1v) is 8.04. The van der Waals surface area contributed by atoms with E-state index in [4.69, 9.17) is 5.11 Å². The maximum absolute atomic E-state index is 13.6. The van der Waals surface area contributed by atoms with Gasteiger partial charge in [0, 0.05) is 0 Å². The molecule has 0 aliphatic carbocycles. The first-order valence-electron chi connectivity index (χ1n) is 6.56. The molecule has 118 valence electrons. The van der Waals surface area contributed by atoms with Gasteiger partial charge in [0.1, 0.15) is 11.9 Å². The van der Waals surface area contributed by atoms with Gasteiger partial charge >= 0.3 is 5.97 Å². The van der Waals surface area contributed by atoms with Gasteiger partial charge in [-0.2, -0.15) is 4.72 Å². The van der Waals surface area contributed by atoms with Crippen molar-refractivity contribution in [1.82, 2.24) is 4.72 Å². The molecule has 1 rings (SSSR count). The van der Waals surface area contributed by atoms with Gasteiger partial charge in [-0.3, -0.25) is 4.79 Å². The zero-order valence-corrected chi connectivity index (χ0v) is 13.3. The van der Waals surface area contributed by atoms with Gasteiger partial charge in [-0.05, 0) is 49.4 Å². The number of carbonyl (C=O) groups is 1. The van der Waals surface area contributed by atoms with Crippen LogP contribution in [0, 0.1) is 25.6 Å². The molecule has 1 atom stereocenters. The second-order valence-electron chi connectivity index (χ2n) is 5.51. The van der Waals surface area contributed by atoms with Gasteiger partial charge in [0.25, 0.3) is 0 Å². The number of nitrogens with one attached hydrogen (secondary N) is 1. The van der Waals surface area contributed by atoms with Gasteiger partial charge in [0.2, 0.25) is 10.0 Å². The number of carboxylic acids is 1. The van der Waals surface area contributed by atoms with Crippen molar-refractivity contribution in [2.24, 2.45) is 5.92 Å². The Morgan fingerprint density at radius 1 is 1.29 bits per heavy atom. The Bertz CT molecular complexity index is 617. The van der Waals surface area contributed by atoms with Gasteiger partial charge in [-0.15, -0.1) is 0 Å². The summed E-state index contributed by atoms with van der Waals surface area (Å²) in [6.07, 6.45) is 0.174. The molecule has 0 bridgehead atoms. The summed E-state index contributed by atoms with van der Waals surface area (Å²) in [6.45, 7) is 6.53. The summed E-state index contributed by atoms with van der Waals surface area (Å²) in [5, 5.41) is 9.10. The number of carboxylic acid groups (broad SMARTS) is 1. The second-order valence-corrected chi connectivity index (χ2v) is 7.23. The predicted octanol–water partition coefficient (Wildman–Crippen LogP) is 2.22. The summed E-state index contributed by atoms with van der Waals surface area (Å²) >= 11 is 0. The van der Waals surface area contributed by atoms with Crippen molar-refractivity contribution in [1.29, 1.82) is 0 Å². The van der Waals surface area contributed by atoms with Crippen LogP contribution in [0.3, 0.4) is 0 Å². The van der Waals surface area contributed by atoms with Crippen molar-refractivity contribution in [3.63, 3.8) is 0 Å². The van der Waals surface area contributed by atoms with E-state index in [1.807, 2.05) is 0 Å². The van der Waals surface area contributed by atoms with Crippen molar-refractivity contribution < 1.29 is 22.7 Å². The summed E-state index contributed by atoms with van der Waals surface area (Å²) in [4.78, 5) is 11.0. The molecule has 0 spiro atoms. The number of hydrogen-bond donors (Lipinski definition) is 2. The average Bonchev–Trinajstić information content (AvgIpc) is 2.33. The minimum atomic E-state index is -4.01. The third kappa shape index (κ3) is 4.50. The van der Waals surface area contributed by atoms with Gasteiger partial charge in [-0.1, -0.05) is 13.8 Å². The largest absolute Gasteiger partial charge is 0.480 e. The maximum atomic E-state index is 13.6. The topological polar surface area (TPSA) is 83.5 Å². The van der Waals surface area contributed by atoms with Crippen LogP contribution in [-0.4, -0.2) is 25.5 Å². The lowest BCUT2D eigenvalue weighted by Crippen LogP contribution is -2.41. The van der Waals surface area contributed by atoms with Crippen LogP contribution >= 0.6 is 0 Å². The molecule has 0 heterocycles. The molecule has 0 saturated carbocycles. The van der Waals surface area contributed by atoms with E-state index in [1.54, 1.807) is 13.8 Å². The number of hydrogen-bond acceptors (Lipinski definition) is 3. The van der Waals surface area contributed by atoms with Crippen LogP contribution in [0.25, 0.3) is 0 Å². The van der Waals surface area contributed by atoms with Crippen molar-refractivity contribution >= 4 is 16.0 Å². The molecule has 0 aliphatic rings. The van der Waals surface area contributed by atoms with Crippen LogP contribution in [0.4, 0.5) is 4.39 Å². The smallest absolute Gasteiger partial charge is 0.321 e. The second kappa shape index (κ2) is 6.53. The van der Waals surface area contributed by atoms with Crippen LogP contribution in [0.5, 0.6) is 0 Å². The Hall–Kier alpha value is -1.47. The minimum absolute atomic E-state index is 0.0190. The van der Waals surface area contributed by atoms with Crippen LogP contribution in [-0.2, 0) is 14.8 Å². The molecule has 0 unspecified atom stereocenters. The predicted molar refractivity (Wildman–Crippen MR) is 77.1 cm³/mol. The lowest BCUT2D eigenvalue weighted by atomic mass is 10.1.